The van der Waals surface area contributed by atoms with Crippen LogP contribution in [0.5, 0.6) is 0 Å². The fourth-order valence-corrected chi connectivity index (χ4v) is 4.38. The Hall–Kier alpha value is -4.31. The molecule has 1 aliphatic rings. The molecule has 0 amide bonds. The molecule has 4 N–H and O–H groups in total. The first-order chi connectivity index (χ1) is 15.3. The number of rotatable bonds is 3. The van der Waals surface area contributed by atoms with Crippen LogP contribution in [0, 0.1) is 5.41 Å². The van der Waals surface area contributed by atoms with Gasteiger partial charge >= 0.3 is 0 Å². The summed E-state index contributed by atoms with van der Waals surface area (Å²) in [7, 11) is 0. The standard InChI is InChI=1S/C27H20N4/c28-27(31-24-15-14-18-13-12-17-7-5-9-21(24)26(17)18)30-23-11-4-2-8-20(23)25-16-19-6-1-3-10-22(19)29-25/h1-16,29H,(H3,28,30,31). The molecule has 1 aliphatic carbocycles. The van der Waals surface area contributed by atoms with Gasteiger partial charge in [-0.3, -0.25) is 5.41 Å². The summed E-state index contributed by atoms with van der Waals surface area (Å²) in [4.78, 5) is 3.48. The smallest absolute Gasteiger partial charge is 0.197 e. The summed E-state index contributed by atoms with van der Waals surface area (Å²) < 4.78 is 0. The van der Waals surface area contributed by atoms with E-state index in [1.54, 1.807) is 0 Å². The van der Waals surface area contributed by atoms with E-state index in [1.807, 2.05) is 36.4 Å². The van der Waals surface area contributed by atoms with Crippen molar-refractivity contribution in [2.45, 2.75) is 0 Å². The molecule has 0 atom stereocenters. The molecule has 1 heterocycles. The highest BCUT2D eigenvalue weighted by Gasteiger charge is 2.13. The maximum absolute atomic E-state index is 8.58. The summed E-state index contributed by atoms with van der Waals surface area (Å²) in [6, 6.07) is 28.8. The lowest BCUT2D eigenvalue weighted by molar-refractivity contribution is 1.42. The van der Waals surface area contributed by atoms with Gasteiger partial charge < -0.3 is 15.6 Å². The van der Waals surface area contributed by atoms with Crippen molar-refractivity contribution < 1.29 is 0 Å². The summed E-state index contributed by atoms with van der Waals surface area (Å²) >= 11 is 0. The number of benzene rings is 4. The zero-order chi connectivity index (χ0) is 20.8. The summed E-state index contributed by atoms with van der Waals surface area (Å²) in [5.74, 6) is 0.232. The van der Waals surface area contributed by atoms with Crippen molar-refractivity contribution in [2.24, 2.45) is 0 Å². The van der Waals surface area contributed by atoms with Crippen LogP contribution >= 0.6 is 0 Å². The number of anilines is 2. The van der Waals surface area contributed by atoms with E-state index in [-0.39, 0.29) is 5.96 Å². The van der Waals surface area contributed by atoms with E-state index >= 15 is 0 Å². The number of aromatic nitrogens is 1. The summed E-state index contributed by atoms with van der Waals surface area (Å²) in [6.07, 6.45) is 4.28. The normalized spacial score (nSPS) is 11.9. The summed E-state index contributed by atoms with van der Waals surface area (Å²) in [5.41, 5.74) is 7.38. The van der Waals surface area contributed by atoms with Gasteiger partial charge in [0.1, 0.15) is 0 Å². The lowest BCUT2D eigenvalue weighted by Gasteiger charge is -2.15. The van der Waals surface area contributed by atoms with Gasteiger partial charge in [-0.05, 0) is 40.8 Å². The van der Waals surface area contributed by atoms with E-state index < -0.39 is 0 Å². The molecule has 0 bridgehead atoms. The SMILES string of the molecule is N=C(Nc1ccccc1-c1cc2ccccc2[nH]1)Nc1ccc2c3c(cccc13)C=C2. The molecule has 31 heavy (non-hydrogen) atoms. The van der Waals surface area contributed by atoms with Crippen LogP contribution in [-0.2, 0) is 0 Å². The fourth-order valence-electron chi connectivity index (χ4n) is 4.38. The molecule has 6 rings (SSSR count). The molecule has 0 spiro atoms. The number of para-hydroxylation sites is 2. The molecule has 4 aromatic carbocycles. The zero-order valence-corrected chi connectivity index (χ0v) is 16.7. The molecule has 0 unspecified atom stereocenters. The molecule has 4 nitrogen and oxygen atoms in total. The Morgan fingerprint density at radius 1 is 0.710 bits per heavy atom. The van der Waals surface area contributed by atoms with E-state index in [4.69, 9.17) is 5.41 Å². The van der Waals surface area contributed by atoms with Crippen LogP contribution in [0.4, 0.5) is 11.4 Å². The van der Waals surface area contributed by atoms with E-state index in [1.165, 1.54) is 21.9 Å². The summed E-state index contributed by atoms with van der Waals surface area (Å²) in [5, 5.41) is 18.6. The number of hydrogen-bond acceptors (Lipinski definition) is 1. The van der Waals surface area contributed by atoms with Gasteiger partial charge in [0, 0.05) is 33.2 Å². The van der Waals surface area contributed by atoms with Crippen molar-refractivity contribution in [1.82, 2.24) is 4.98 Å². The zero-order valence-electron chi connectivity index (χ0n) is 16.7. The first kappa shape index (κ1) is 17.5. The molecule has 0 saturated heterocycles. The van der Waals surface area contributed by atoms with Crippen LogP contribution in [0.2, 0.25) is 0 Å². The van der Waals surface area contributed by atoms with Crippen molar-refractivity contribution in [2.75, 3.05) is 10.6 Å². The largest absolute Gasteiger partial charge is 0.354 e. The third-order valence-electron chi connectivity index (χ3n) is 5.81. The van der Waals surface area contributed by atoms with Gasteiger partial charge in [-0.25, -0.2) is 0 Å². The van der Waals surface area contributed by atoms with Crippen LogP contribution < -0.4 is 10.6 Å². The van der Waals surface area contributed by atoms with E-state index in [9.17, 15) is 0 Å². The molecule has 0 radical (unpaired) electrons. The first-order valence-electron chi connectivity index (χ1n) is 10.3. The van der Waals surface area contributed by atoms with Crippen molar-refractivity contribution >= 4 is 51.2 Å². The van der Waals surface area contributed by atoms with E-state index in [2.05, 4.69) is 76.3 Å². The van der Waals surface area contributed by atoms with Crippen molar-refractivity contribution in [1.29, 1.82) is 5.41 Å². The highest BCUT2D eigenvalue weighted by Crippen LogP contribution is 2.35. The van der Waals surface area contributed by atoms with Crippen molar-refractivity contribution in [3.63, 3.8) is 0 Å². The van der Waals surface area contributed by atoms with Gasteiger partial charge in [-0.2, -0.15) is 0 Å². The van der Waals surface area contributed by atoms with Gasteiger partial charge in [0.2, 0.25) is 0 Å². The van der Waals surface area contributed by atoms with Crippen LogP contribution in [0.15, 0.2) is 84.9 Å². The van der Waals surface area contributed by atoms with Gasteiger partial charge in [0.15, 0.2) is 5.96 Å². The number of aromatic amines is 1. The van der Waals surface area contributed by atoms with Gasteiger partial charge in [0.05, 0.1) is 5.69 Å². The topological polar surface area (TPSA) is 63.7 Å². The van der Waals surface area contributed by atoms with Crippen LogP contribution in [0.1, 0.15) is 11.1 Å². The molecular formula is C27H20N4. The van der Waals surface area contributed by atoms with Crippen molar-refractivity contribution in [3.05, 3.63) is 96.1 Å². The Balaban J connectivity index is 1.31. The highest BCUT2D eigenvalue weighted by molar-refractivity contribution is 6.13. The number of H-pyrrole nitrogens is 1. The minimum atomic E-state index is 0.232. The van der Waals surface area contributed by atoms with Crippen LogP contribution in [0.3, 0.4) is 0 Å². The second-order valence-corrected chi connectivity index (χ2v) is 7.75. The second kappa shape index (κ2) is 6.89. The summed E-state index contributed by atoms with van der Waals surface area (Å²) in [6.45, 7) is 0. The fraction of sp³-hybridized carbons (Fsp3) is 0. The van der Waals surface area contributed by atoms with Crippen LogP contribution in [0.25, 0.3) is 45.1 Å². The Morgan fingerprint density at radius 2 is 1.48 bits per heavy atom. The average Bonchev–Trinajstić information content (AvgIpc) is 3.41. The Morgan fingerprint density at radius 3 is 2.39 bits per heavy atom. The Bertz CT molecular complexity index is 1460. The lowest BCUT2D eigenvalue weighted by atomic mass is 10.0. The third kappa shape index (κ3) is 2.97. The number of hydrogen-bond donors (Lipinski definition) is 4. The van der Waals surface area contributed by atoms with Crippen LogP contribution in [-0.4, -0.2) is 10.9 Å². The van der Waals surface area contributed by atoms with Crippen molar-refractivity contribution in [3.8, 4) is 11.3 Å². The van der Waals surface area contributed by atoms with E-state index in [0.717, 1.165) is 33.5 Å². The minimum Gasteiger partial charge on any atom is -0.354 e. The average molecular weight is 400 g/mol. The highest BCUT2D eigenvalue weighted by atomic mass is 15.1. The number of nitrogens with one attached hydrogen (secondary N) is 4. The molecule has 5 aromatic rings. The predicted octanol–water partition coefficient (Wildman–Crippen LogP) is 6.93. The maximum Gasteiger partial charge on any atom is 0.197 e. The Kier molecular flexibility index (Phi) is 3.90. The lowest BCUT2D eigenvalue weighted by Crippen LogP contribution is -2.21. The maximum atomic E-state index is 8.58. The Labute approximate surface area is 179 Å². The molecule has 0 aliphatic heterocycles. The quantitative estimate of drug-likeness (QED) is 0.192. The molecule has 4 heteroatoms. The molecule has 1 aromatic heterocycles. The molecule has 148 valence electrons. The number of guanidine groups is 1. The monoisotopic (exact) mass is 400 g/mol. The van der Waals surface area contributed by atoms with E-state index in [0.29, 0.717) is 0 Å². The second-order valence-electron chi connectivity index (χ2n) is 7.75. The molecule has 0 fully saturated rings. The van der Waals surface area contributed by atoms with Gasteiger partial charge in [-0.15, -0.1) is 0 Å². The predicted molar refractivity (Wildman–Crippen MR) is 132 cm³/mol. The number of fused-ring (bicyclic) bond motifs is 1. The molecular weight excluding hydrogens is 380 g/mol. The van der Waals surface area contributed by atoms with Gasteiger partial charge in [-0.1, -0.05) is 72.8 Å². The van der Waals surface area contributed by atoms with Gasteiger partial charge in [0.25, 0.3) is 0 Å². The third-order valence-corrected chi connectivity index (χ3v) is 5.81. The first-order valence-corrected chi connectivity index (χ1v) is 10.3. The molecule has 0 saturated carbocycles. The minimum absolute atomic E-state index is 0.232.